The maximum atomic E-state index is 13.9. The molecule has 0 unspecified atom stereocenters. The van der Waals surface area contributed by atoms with Gasteiger partial charge in [0.15, 0.2) is 0 Å². The number of aromatic nitrogens is 2. The predicted molar refractivity (Wildman–Crippen MR) is 119 cm³/mol. The van der Waals surface area contributed by atoms with Gasteiger partial charge in [0, 0.05) is 17.9 Å². The Morgan fingerprint density at radius 3 is 1.48 bits per heavy atom. The van der Waals surface area contributed by atoms with Crippen LogP contribution in [0.25, 0.3) is 0 Å². The van der Waals surface area contributed by atoms with Gasteiger partial charge in [0.1, 0.15) is 5.54 Å². The molecule has 1 heterocycles. The Morgan fingerprint density at radius 1 is 0.710 bits per heavy atom. The van der Waals surface area contributed by atoms with Gasteiger partial charge in [0.2, 0.25) is 0 Å². The van der Waals surface area contributed by atoms with E-state index in [0.717, 1.165) is 22.9 Å². The lowest BCUT2D eigenvalue weighted by Crippen LogP contribution is -2.38. The van der Waals surface area contributed by atoms with E-state index in [2.05, 4.69) is 21.0 Å². The standard InChI is InChI=1S/C25H20BrF3N2/c26-17-16-23-22(25(27,28)29)18-31(30-23)24(19-10-4-1-5-11-19,20-12-6-2-7-13-20)21-14-8-3-9-15-21/h1-15,18H,16-17H2. The Morgan fingerprint density at radius 2 is 1.13 bits per heavy atom. The molecule has 0 radical (unpaired) electrons. The van der Waals surface area contributed by atoms with Crippen LogP contribution >= 0.6 is 15.9 Å². The van der Waals surface area contributed by atoms with E-state index in [1.54, 1.807) is 0 Å². The molecule has 2 nitrogen and oxygen atoms in total. The highest BCUT2D eigenvalue weighted by Gasteiger charge is 2.43. The molecule has 0 atom stereocenters. The minimum atomic E-state index is -4.49. The summed E-state index contributed by atoms with van der Waals surface area (Å²) in [4.78, 5) is 0. The number of halogens is 4. The topological polar surface area (TPSA) is 17.8 Å². The first-order chi connectivity index (χ1) is 15.0. The summed E-state index contributed by atoms with van der Waals surface area (Å²) in [5.41, 5.74) is 0.738. The molecule has 0 aliphatic heterocycles. The molecule has 0 amide bonds. The Hall–Kier alpha value is -2.86. The van der Waals surface area contributed by atoms with Crippen LogP contribution in [0, 0.1) is 0 Å². The second-order valence-corrected chi connectivity index (χ2v) is 7.97. The van der Waals surface area contributed by atoms with Gasteiger partial charge in [-0.2, -0.15) is 18.3 Å². The highest BCUT2D eigenvalue weighted by molar-refractivity contribution is 9.09. The molecule has 1 aromatic heterocycles. The van der Waals surface area contributed by atoms with Crippen molar-refractivity contribution in [2.24, 2.45) is 0 Å². The molecular formula is C25H20BrF3N2. The number of nitrogens with zero attached hydrogens (tertiary/aromatic N) is 2. The van der Waals surface area contributed by atoms with Crippen molar-refractivity contribution in [3.8, 4) is 0 Å². The average molecular weight is 485 g/mol. The summed E-state index contributed by atoms with van der Waals surface area (Å²) in [6, 6.07) is 28.6. The van der Waals surface area contributed by atoms with Crippen molar-refractivity contribution in [1.82, 2.24) is 9.78 Å². The molecule has 6 heteroatoms. The number of rotatable bonds is 6. The fourth-order valence-electron chi connectivity index (χ4n) is 4.03. The van der Waals surface area contributed by atoms with Crippen molar-refractivity contribution in [3.05, 3.63) is 125 Å². The molecule has 0 bridgehead atoms. The van der Waals surface area contributed by atoms with Gasteiger partial charge in [0.25, 0.3) is 0 Å². The van der Waals surface area contributed by atoms with Gasteiger partial charge in [0.05, 0.1) is 11.3 Å². The zero-order chi connectivity index (χ0) is 21.9. The molecule has 3 aromatic carbocycles. The van der Waals surface area contributed by atoms with E-state index in [0.29, 0.717) is 5.33 Å². The first-order valence-electron chi connectivity index (χ1n) is 9.86. The molecule has 0 saturated heterocycles. The van der Waals surface area contributed by atoms with Crippen molar-refractivity contribution >= 4 is 15.9 Å². The smallest absolute Gasteiger partial charge is 0.252 e. The lowest BCUT2D eigenvalue weighted by molar-refractivity contribution is -0.138. The Bertz CT molecular complexity index is 1030. The quantitative estimate of drug-likeness (QED) is 0.220. The molecule has 0 saturated carbocycles. The predicted octanol–water partition coefficient (Wildman–Crippen LogP) is 6.68. The van der Waals surface area contributed by atoms with Gasteiger partial charge in [-0.15, -0.1) is 0 Å². The summed E-state index contributed by atoms with van der Waals surface area (Å²) >= 11 is 3.26. The van der Waals surface area contributed by atoms with E-state index < -0.39 is 17.3 Å². The first-order valence-corrected chi connectivity index (χ1v) is 11.0. The minimum Gasteiger partial charge on any atom is -0.252 e. The number of benzene rings is 3. The lowest BCUT2D eigenvalue weighted by Gasteiger charge is -2.36. The van der Waals surface area contributed by atoms with E-state index in [1.807, 2.05) is 91.0 Å². The molecule has 0 aliphatic rings. The van der Waals surface area contributed by atoms with Crippen LogP contribution in [0.2, 0.25) is 0 Å². The van der Waals surface area contributed by atoms with E-state index in [-0.39, 0.29) is 12.1 Å². The van der Waals surface area contributed by atoms with E-state index in [9.17, 15) is 13.2 Å². The van der Waals surface area contributed by atoms with Crippen LogP contribution in [0.1, 0.15) is 27.9 Å². The summed E-state index contributed by atoms with van der Waals surface area (Å²) in [7, 11) is 0. The zero-order valence-electron chi connectivity index (χ0n) is 16.6. The van der Waals surface area contributed by atoms with Crippen LogP contribution in [0.3, 0.4) is 0 Å². The molecule has 4 aromatic rings. The third kappa shape index (κ3) is 3.92. The lowest BCUT2D eigenvalue weighted by atomic mass is 9.77. The zero-order valence-corrected chi connectivity index (χ0v) is 18.1. The van der Waals surface area contributed by atoms with Crippen molar-refractivity contribution in [3.63, 3.8) is 0 Å². The van der Waals surface area contributed by atoms with Gasteiger partial charge in [-0.05, 0) is 16.7 Å². The molecule has 31 heavy (non-hydrogen) atoms. The summed E-state index contributed by atoms with van der Waals surface area (Å²) in [5, 5.41) is 4.93. The van der Waals surface area contributed by atoms with Crippen LogP contribution in [-0.2, 0) is 18.1 Å². The van der Waals surface area contributed by atoms with Crippen LogP contribution in [-0.4, -0.2) is 15.1 Å². The van der Waals surface area contributed by atoms with E-state index in [1.165, 1.54) is 4.68 Å². The van der Waals surface area contributed by atoms with Crippen molar-refractivity contribution in [2.75, 3.05) is 5.33 Å². The summed E-state index contributed by atoms with van der Waals surface area (Å²) < 4.78 is 43.2. The van der Waals surface area contributed by atoms with Crippen molar-refractivity contribution < 1.29 is 13.2 Å². The van der Waals surface area contributed by atoms with Crippen molar-refractivity contribution in [1.29, 1.82) is 0 Å². The normalized spacial score (nSPS) is 12.1. The van der Waals surface area contributed by atoms with Crippen LogP contribution < -0.4 is 0 Å². The van der Waals surface area contributed by atoms with Gasteiger partial charge < -0.3 is 0 Å². The van der Waals surface area contributed by atoms with Gasteiger partial charge in [-0.1, -0.05) is 107 Å². The SMILES string of the molecule is FC(F)(F)c1cn(C(c2ccccc2)(c2ccccc2)c2ccccc2)nc1CCBr. The molecule has 0 N–H and O–H groups in total. The Labute approximate surface area is 187 Å². The molecular weight excluding hydrogens is 465 g/mol. The third-order valence-electron chi connectivity index (χ3n) is 5.35. The number of alkyl halides is 4. The minimum absolute atomic E-state index is 0.0246. The second-order valence-electron chi connectivity index (χ2n) is 7.18. The number of hydrogen-bond donors (Lipinski definition) is 0. The molecule has 0 aliphatic carbocycles. The maximum absolute atomic E-state index is 13.9. The summed E-state index contributed by atoms with van der Waals surface area (Å²) in [6.45, 7) is 0. The van der Waals surface area contributed by atoms with Crippen molar-refractivity contribution in [2.45, 2.75) is 18.1 Å². The number of hydrogen-bond acceptors (Lipinski definition) is 1. The van der Waals surface area contributed by atoms with Gasteiger partial charge in [-0.3, -0.25) is 4.68 Å². The third-order valence-corrected chi connectivity index (χ3v) is 5.74. The van der Waals surface area contributed by atoms with E-state index in [4.69, 9.17) is 0 Å². The average Bonchev–Trinajstić information content (AvgIpc) is 3.22. The highest BCUT2D eigenvalue weighted by Crippen LogP contribution is 2.42. The second kappa shape index (κ2) is 8.71. The summed E-state index contributed by atoms with van der Waals surface area (Å²) in [5.74, 6) is 0. The Kier molecular flexibility index (Phi) is 6.01. The fourth-order valence-corrected chi connectivity index (χ4v) is 4.40. The molecule has 0 fully saturated rings. The molecule has 0 spiro atoms. The van der Waals surface area contributed by atoms with Crippen LogP contribution in [0.4, 0.5) is 13.2 Å². The monoisotopic (exact) mass is 484 g/mol. The maximum Gasteiger partial charge on any atom is 0.419 e. The Balaban J connectivity index is 2.11. The van der Waals surface area contributed by atoms with Gasteiger partial charge >= 0.3 is 6.18 Å². The molecule has 4 rings (SSSR count). The largest absolute Gasteiger partial charge is 0.419 e. The summed E-state index contributed by atoms with van der Waals surface area (Å²) in [6.07, 6.45) is -3.17. The van der Waals surface area contributed by atoms with Crippen LogP contribution in [0.15, 0.2) is 97.2 Å². The highest BCUT2D eigenvalue weighted by atomic mass is 79.9. The number of aryl methyl sites for hydroxylation is 1. The first kappa shape index (κ1) is 21.4. The van der Waals surface area contributed by atoms with E-state index >= 15 is 0 Å². The molecule has 158 valence electrons. The van der Waals surface area contributed by atoms with Crippen LogP contribution in [0.5, 0.6) is 0 Å². The fraction of sp³-hybridized carbons (Fsp3) is 0.160. The van der Waals surface area contributed by atoms with Gasteiger partial charge in [-0.25, -0.2) is 0 Å².